The molecular formula is C21H22ClFN4OS. The number of nitrogens with zero attached hydrogens (tertiary/aromatic N) is 3. The minimum absolute atomic E-state index is 0.0853. The number of fused-ring (bicyclic) bond motifs is 1. The van der Waals surface area contributed by atoms with Crippen LogP contribution < -0.4 is 10.2 Å². The first-order chi connectivity index (χ1) is 14.0. The summed E-state index contributed by atoms with van der Waals surface area (Å²) in [5.41, 5.74) is 2.20. The molecule has 1 aromatic heterocycles. The highest BCUT2D eigenvalue weighted by Crippen LogP contribution is 2.35. The van der Waals surface area contributed by atoms with Gasteiger partial charge in [-0.25, -0.2) is 9.37 Å². The van der Waals surface area contributed by atoms with Crippen molar-refractivity contribution >= 4 is 44.2 Å². The van der Waals surface area contributed by atoms with E-state index in [4.69, 9.17) is 16.6 Å². The summed E-state index contributed by atoms with van der Waals surface area (Å²) in [6.07, 6.45) is 0. The number of rotatable bonds is 5. The summed E-state index contributed by atoms with van der Waals surface area (Å²) >= 11 is 7.97. The molecule has 0 radical (unpaired) electrons. The summed E-state index contributed by atoms with van der Waals surface area (Å²) < 4.78 is 14.7. The summed E-state index contributed by atoms with van der Waals surface area (Å²) in [4.78, 5) is 21.5. The Morgan fingerprint density at radius 2 is 1.97 bits per heavy atom. The van der Waals surface area contributed by atoms with E-state index >= 15 is 0 Å². The van der Waals surface area contributed by atoms with Crippen molar-refractivity contribution < 1.29 is 9.18 Å². The van der Waals surface area contributed by atoms with Crippen molar-refractivity contribution in [3.8, 4) is 0 Å². The van der Waals surface area contributed by atoms with Crippen molar-refractivity contribution in [3.05, 3.63) is 58.4 Å². The van der Waals surface area contributed by atoms with E-state index in [1.807, 2.05) is 12.1 Å². The molecule has 0 atom stereocenters. The molecule has 8 heteroatoms. The molecule has 0 unspecified atom stereocenters. The third kappa shape index (κ3) is 4.37. The SMILES string of the molecule is Cc1ccc(Cl)c2sc(N3CCN(CCNC(=O)c4ccccc4F)CC3)nc12. The van der Waals surface area contributed by atoms with Crippen LogP contribution in [-0.2, 0) is 0 Å². The maximum Gasteiger partial charge on any atom is 0.254 e. The summed E-state index contributed by atoms with van der Waals surface area (Å²) in [6, 6.07) is 9.96. The Labute approximate surface area is 178 Å². The molecule has 1 amide bonds. The van der Waals surface area contributed by atoms with Gasteiger partial charge in [0.25, 0.3) is 5.91 Å². The van der Waals surface area contributed by atoms with Gasteiger partial charge in [0, 0.05) is 39.3 Å². The molecule has 1 aliphatic rings. The normalized spacial score (nSPS) is 15.1. The topological polar surface area (TPSA) is 48.5 Å². The standard InChI is InChI=1S/C21H22ClFN4OS/c1-14-6-7-16(22)19-18(14)25-21(29-19)27-12-10-26(11-13-27)9-8-24-20(28)15-4-2-3-5-17(15)23/h2-7H,8-13H2,1H3,(H,24,28). The largest absolute Gasteiger partial charge is 0.351 e. The van der Waals surface area contributed by atoms with Gasteiger partial charge in [-0.15, -0.1) is 0 Å². The summed E-state index contributed by atoms with van der Waals surface area (Å²) in [7, 11) is 0. The zero-order valence-electron chi connectivity index (χ0n) is 16.1. The molecule has 0 bridgehead atoms. The van der Waals surface area contributed by atoms with E-state index in [2.05, 4.69) is 22.0 Å². The fraction of sp³-hybridized carbons (Fsp3) is 0.333. The third-order valence-corrected chi connectivity index (χ3v) is 6.74. The molecule has 2 heterocycles. The molecular weight excluding hydrogens is 411 g/mol. The summed E-state index contributed by atoms with van der Waals surface area (Å²) in [5.74, 6) is -0.867. The van der Waals surface area contributed by atoms with E-state index < -0.39 is 5.82 Å². The van der Waals surface area contributed by atoms with E-state index in [0.29, 0.717) is 6.54 Å². The van der Waals surface area contributed by atoms with Gasteiger partial charge >= 0.3 is 0 Å². The van der Waals surface area contributed by atoms with Crippen molar-refractivity contribution in [1.29, 1.82) is 0 Å². The van der Waals surface area contributed by atoms with Gasteiger partial charge in [-0.3, -0.25) is 9.69 Å². The Morgan fingerprint density at radius 1 is 1.21 bits per heavy atom. The molecule has 1 N–H and O–H groups in total. The van der Waals surface area contributed by atoms with E-state index in [1.165, 1.54) is 12.1 Å². The number of thiazole rings is 1. The van der Waals surface area contributed by atoms with Crippen molar-refractivity contribution in [2.75, 3.05) is 44.2 Å². The zero-order chi connectivity index (χ0) is 20.4. The quantitative estimate of drug-likeness (QED) is 0.663. The lowest BCUT2D eigenvalue weighted by Crippen LogP contribution is -2.48. The highest BCUT2D eigenvalue weighted by atomic mass is 35.5. The predicted molar refractivity (Wildman–Crippen MR) is 117 cm³/mol. The second kappa shape index (κ2) is 8.65. The van der Waals surface area contributed by atoms with Gasteiger partial charge in [-0.05, 0) is 30.7 Å². The van der Waals surface area contributed by atoms with Crippen LogP contribution in [0.5, 0.6) is 0 Å². The van der Waals surface area contributed by atoms with Crippen molar-refractivity contribution in [3.63, 3.8) is 0 Å². The fourth-order valence-electron chi connectivity index (χ4n) is 3.46. The van der Waals surface area contributed by atoms with Gasteiger partial charge in [-0.2, -0.15) is 0 Å². The number of piperazine rings is 1. The van der Waals surface area contributed by atoms with E-state index in [0.717, 1.165) is 58.7 Å². The average molecular weight is 433 g/mol. The Hall–Kier alpha value is -2.22. The Morgan fingerprint density at radius 3 is 2.69 bits per heavy atom. The molecule has 0 aliphatic carbocycles. The van der Waals surface area contributed by atoms with E-state index in [9.17, 15) is 9.18 Å². The number of hydrogen-bond donors (Lipinski definition) is 1. The minimum atomic E-state index is -0.496. The molecule has 2 aromatic carbocycles. The zero-order valence-corrected chi connectivity index (χ0v) is 17.7. The van der Waals surface area contributed by atoms with Crippen LogP contribution in [0.3, 0.4) is 0 Å². The molecule has 0 saturated carbocycles. The predicted octanol–water partition coefficient (Wildman–Crippen LogP) is 3.95. The number of anilines is 1. The molecule has 5 nitrogen and oxygen atoms in total. The molecule has 4 rings (SSSR count). The molecule has 3 aromatic rings. The van der Waals surface area contributed by atoms with Crippen LogP contribution in [0, 0.1) is 12.7 Å². The van der Waals surface area contributed by atoms with E-state index in [-0.39, 0.29) is 11.5 Å². The van der Waals surface area contributed by atoms with Crippen molar-refractivity contribution in [2.24, 2.45) is 0 Å². The van der Waals surface area contributed by atoms with Crippen molar-refractivity contribution in [2.45, 2.75) is 6.92 Å². The van der Waals surface area contributed by atoms with Gasteiger partial charge < -0.3 is 10.2 Å². The smallest absolute Gasteiger partial charge is 0.254 e. The number of nitrogens with one attached hydrogen (secondary N) is 1. The fourth-order valence-corrected chi connectivity index (χ4v) is 4.83. The van der Waals surface area contributed by atoms with Crippen LogP contribution in [0.15, 0.2) is 36.4 Å². The Balaban J connectivity index is 1.29. The van der Waals surface area contributed by atoms with Gasteiger partial charge in [0.1, 0.15) is 5.82 Å². The van der Waals surface area contributed by atoms with Gasteiger partial charge in [0.05, 0.1) is 20.8 Å². The van der Waals surface area contributed by atoms with Crippen LogP contribution in [0.2, 0.25) is 5.02 Å². The van der Waals surface area contributed by atoms with Crippen LogP contribution >= 0.6 is 22.9 Å². The number of carbonyl (C=O) groups excluding carboxylic acids is 1. The summed E-state index contributed by atoms with van der Waals surface area (Å²) in [5, 5.41) is 4.55. The van der Waals surface area contributed by atoms with Crippen LogP contribution in [-0.4, -0.2) is 55.1 Å². The van der Waals surface area contributed by atoms with Crippen molar-refractivity contribution in [1.82, 2.24) is 15.2 Å². The first kappa shape index (κ1) is 20.1. The number of hydrogen-bond acceptors (Lipinski definition) is 5. The number of aromatic nitrogens is 1. The lowest BCUT2D eigenvalue weighted by molar-refractivity contribution is 0.0943. The monoisotopic (exact) mass is 432 g/mol. The average Bonchev–Trinajstić information content (AvgIpc) is 3.18. The first-order valence-corrected chi connectivity index (χ1v) is 10.8. The van der Waals surface area contributed by atoms with Crippen LogP contribution in [0.25, 0.3) is 10.2 Å². The highest BCUT2D eigenvalue weighted by molar-refractivity contribution is 7.22. The number of benzene rings is 2. The minimum Gasteiger partial charge on any atom is -0.351 e. The number of aryl methyl sites for hydroxylation is 1. The second-order valence-corrected chi connectivity index (χ2v) is 8.49. The Kier molecular flexibility index (Phi) is 5.99. The molecule has 152 valence electrons. The number of amides is 1. The lowest BCUT2D eigenvalue weighted by Gasteiger charge is -2.34. The van der Waals surface area contributed by atoms with Gasteiger partial charge in [0.15, 0.2) is 5.13 Å². The molecule has 1 aliphatic heterocycles. The number of carbonyl (C=O) groups is 1. The maximum absolute atomic E-state index is 13.7. The Bertz CT molecular complexity index is 994. The molecule has 1 saturated heterocycles. The molecule has 0 spiro atoms. The highest BCUT2D eigenvalue weighted by Gasteiger charge is 2.21. The number of halogens is 2. The molecule has 1 fully saturated rings. The third-order valence-electron chi connectivity index (χ3n) is 5.16. The van der Waals surface area contributed by atoms with E-state index in [1.54, 1.807) is 23.5 Å². The van der Waals surface area contributed by atoms with Crippen LogP contribution in [0.1, 0.15) is 15.9 Å². The molecule has 29 heavy (non-hydrogen) atoms. The maximum atomic E-state index is 13.7. The second-order valence-electron chi connectivity index (χ2n) is 7.10. The van der Waals surface area contributed by atoms with Crippen LogP contribution in [0.4, 0.5) is 9.52 Å². The van der Waals surface area contributed by atoms with Gasteiger partial charge in [0.2, 0.25) is 0 Å². The first-order valence-electron chi connectivity index (χ1n) is 9.58. The summed E-state index contributed by atoms with van der Waals surface area (Å²) in [6.45, 7) is 6.80. The lowest BCUT2D eigenvalue weighted by atomic mass is 10.2. The van der Waals surface area contributed by atoms with Gasteiger partial charge in [-0.1, -0.05) is 41.1 Å².